The zero-order valence-electron chi connectivity index (χ0n) is 13.3. The summed E-state index contributed by atoms with van der Waals surface area (Å²) in [6.07, 6.45) is 0. The van der Waals surface area contributed by atoms with Gasteiger partial charge in [0.1, 0.15) is 0 Å². The van der Waals surface area contributed by atoms with E-state index in [0.717, 1.165) is 16.5 Å². The Balaban J connectivity index is 2.10. The van der Waals surface area contributed by atoms with Crippen molar-refractivity contribution in [3.63, 3.8) is 0 Å². The van der Waals surface area contributed by atoms with Gasteiger partial charge in [0.2, 0.25) is 5.88 Å². The number of aromatic nitrogens is 1. The first-order chi connectivity index (χ1) is 11.5. The molecule has 3 aromatic rings. The molecule has 0 amide bonds. The summed E-state index contributed by atoms with van der Waals surface area (Å²) in [6.45, 7) is 4.49. The lowest BCUT2D eigenvalue weighted by Crippen LogP contribution is -1.91. The molecule has 0 fully saturated rings. The first-order valence-corrected chi connectivity index (χ1v) is 7.49. The summed E-state index contributed by atoms with van der Waals surface area (Å²) in [5, 5.41) is 30.2. The molecular weight excluding hydrogens is 308 g/mol. The summed E-state index contributed by atoms with van der Waals surface area (Å²) in [4.78, 5) is 10.3. The van der Waals surface area contributed by atoms with Gasteiger partial charge in [0.15, 0.2) is 5.69 Å². The zero-order chi connectivity index (χ0) is 17.3. The van der Waals surface area contributed by atoms with Gasteiger partial charge in [0.05, 0.1) is 16.1 Å². The van der Waals surface area contributed by atoms with Crippen molar-refractivity contribution in [3.05, 3.63) is 58.1 Å². The maximum absolute atomic E-state index is 10.8. The van der Waals surface area contributed by atoms with Crippen molar-refractivity contribution >= 4 is 28.0 Å². The topological polar surface area (TPSA) is 93.0 Å². The van der Waals surface area contributed by atoms with Crippen LogP contribution < -0.4 is 0 Å². The Kier molecular flexibility index (Phi) is 3.99. The van der Waals surface area contributed by atoms with E-state index in [2.05, 4.69) is 10.2 Å². The minimum Gasteiger partial charge on any atom is -0.493 e. The SMILES string of the molecule is CCn1c(O)c(N=Nc2cccc([N+](=O)[O-])c2)c2cc(C)ccc21. The number of azo groups is 1. The van der Waals surface area contributed by atoms with Crippen molar-refractivity contribution < 1.29 is 10.0 Å². The molecule has 0 aliphatic rings. The fraction of sp³-hybridized carbons (Fsp3) is 0.176. The van der Waals surface area contributed by atoms with Crippen LogP contribution in [-0.2, 0) is 6.54 Å². The first-order valence-electron chi connectivity index (χ1n) is 7.49. The maximum Gasteiger partial charge on any atom is 0.271 e. The van der Waals surface area contributed by atoms with Crippen molar-refractivity contribution in [1.29, 1.82) is 0 Å². The van der Waals surface area contributed by atoms with Crippen LogP contribution in [0.4, 0.5) is 17.1 Å². The molecular formula is C17H16N4O3. The van der Waals surface area contributed by atoms with Gasteiger partial charge < -0.3 is 9.67 Å². The van der Waals surface area contributed by atoms with Crippen LogP contribution >= 0.6 is 0 Å². The van der Waals surface area contributed by atoms with Crippen LogP contribution in [-0.4, -0.2) is 14.6 Å². The van der Waals surface area contributed by atoms with Crippen molar-refractivity contribution in [2.24, 2.45) is 10.2 Å². The van der Waals surface area contributed by atoms with Crippen LogP contribution in [0.15, 0.2) is 52.7 Å². The van der Waals surface area contributed by atoms with E-state index in [0.29, 0.717) is 17.9 Å². The van der Waals surface area contributed by atoms with Crippen molar-refractivity contribution in [1.82, 2.24) is 4.57 Å². The summed E-state index contributed by atoms with van der Waals surface area (Å²) in [5.74, 6) is 0.0345. The lowest BCUT2D eigenvalue weighted by molar-refractivity contribution is -0.384. The Labute approximate surface area is 138 Å². The molecule has 0 aliphatic carbocycles. The van der Waals surface area contributed by atoms with Gasteiger partial charge in [-0.2, -0.15) is 5.11 Å². The Bertz CT molecular complexity index is 960. The number of fused-ring (bicyclic) bond motifs is 1. The van der Waals surface area contributed by atoms with Crippen LogP contribution in [0.2, 0.25) is 0 Å². The quantitative estimate of drug-likeness (QED) is 0.416. The molecule has 122 valence electrons. The molecule has 1 aromatic heterocycles. The number of benzene rings is 2. The van der Waals surface area contributed by atoms with Crippen LogP contribution in [0.5, 0.6) is 5.88 Å². The summed E-state index contributed by atoms with van der Waals surface area (Å²) in [6, 6.07) is 11.7. The molecule has 24 heavy (non-hydrogen) atoms. The first kappa shape index (κ1) is 15.7. The predicted octanol–water partition coefficient (Wildman–Crippen LogP) is 5.00. The largest absolute Gasteiger partial charge is 0.493 e. The standard InChI is InChI=1S/C17H16N4O3/c1-3-20-15-8-7-11(2)9-14(15)16(17(20)22)19-18-12-5-4-6-13(10-12)21(23)24/h4-10,22H,3H2,1-2H3. The van der Waals surface area contributed by atoms with E-state index in [9.17, 15) is 15.2 Å². The minimum absolute atomic E-state index is 0.0345. The third-order valence-electron chi connectivity index (χ3n) is 3.79. The van der Waals surface area contributed by atoms with Crippen molar-refractivity contribution in [3.8, 4) is 5.88 Å². The Morgan fingerprint density at radius 3 is 2.71 bits per heavy atom. The molecule has 1 N–H and O–H groups in total. The third-order valence-corrected chi connectivity index (χ3v) is 3.79. The number of nitro groups is 1. The van der Waals surface area contributed by atoms with Gasteiger partial charge in [-0.3, -0.25) is 10.1 Å². The van der Waals surface area contributed by atoms with Gasteiger partial charge >= 0.3 is 0 Å². The molecule has 7 nitrogen and oxygen atoms in total. The molecule has 1 heterocycles. The molecule has 0 radical (unpaired) electrons. The number of nitro benzene ring substituents is 1. The van der Waals surface area contributed by atoms with E-state index < -0.39 is 4.92 Å². The molecule has 0 saturated heterocycles. The summed E-state index contributed by atoms with van der Waals surface area (Å²) >= 11 is 0. The normalized spacial score (nSPS) is 11.4. The van der Waals surface area contributed by atoms with Gasteiger partial charge in [-0.15, -0.1) is 5.11 Å². The summed E-state index contributed by atoms with van der Waals surface area (Å²) < 4.78 is 1.75. The number of nitrogens with zero attached hydrogens (tertiary/aromatic N) is 4. The number of aromatic hydroxyl groups is 1. The predicted molar refractivity (Wildman–Crippen MR) is 91.3 cm³/mol. The second-order valence-electron chi connectivity index (χ2n) is 5.41. The fourth-order valence-corrected chi connectivity index (χ4v) is 2.63. The number of rotatable bonds is 4. The van der Waals surface area contributed by atoms with E-state index in [-0.39, 0.29) is 11.6 Å². The fourth-order valence-electron chi connectivity index (χ4n) is 2.63. The smallest absolute Gasteiger partial charge is 0.271 e. The molecule has 0 unspecified atom stereocenters. The molecule has 0 aliphatic heterocycles. The van der Waals surface area contributed by atoms with Gasteiger partial charge in [0, 0.05) is 24.1 Å². The third kappa shape index (κ3) is 2.71. The van der Waals surface area contributed by atoms with Gasteiger partial charge in [0.25, 0.3) is 5.69 Å². The van der Waals surface area contributed by atoms with Gasteiger partial charge in [-0.25, -0.2) is 0 Å². The number of hydrogen-bond donors (Lipinski definition) is 1. The molecule has 7 heteroatoms. The zero-order valence-corrected chi connectivity index (χ0v) is 13.3. The van der Waals surface area contributed by atoms with E-state index in [1.165, 1.54) is 12.1 Å². The lowest BCUT2D eigenvalue weighted by atomic mass is 10.1. The van der Waals surface area contributed by atoms with Crippen molar-refractivity contribution in [2.75, 3.05) is 0 Å². The van der Waals surface area contributed by atoms with Crippen LogP contribution in [0.1, 0.15) is 12.5 Å². The molecule has 2 aromatic carbocycles. The highest BCUT2D eigenvalue weighted by Crippen LogP contribution is 2.40. The van der Waals surface area contributed by atoms with E-state index in [4.69, 9.17) is 0 Å². The summed E-state index contributed by atoms with van der Waals surface area (Å²) in [5.41, 5.74) is 2.58. The van der Waals surface area contributed by atoms with Crippen molar-refractivity contribution in [2.45, 2.75) is 20.4 Å². The average molecular weight is 324 g/mol. The van der Waals surface area contributed by atoms with E-state index in [1.807, 2.05) is 32.0 Å². The van der Waals surface area contributed by atoms with Crippen LogP contribution in [0, 0.1) is 17.0 Å². The highest BCUT2D eigenvalue weighted by molar-refractivity contribution is 5.95. The number of hydrogen-bond acceptors (Lipinski definition) is 5. The second kappa shape index (κ2) is 6.11. The second-order valence-corrected chi connectivity index (χ2v) is 5.41. The van der Waals surface area contributed by atoms with E-state index >= 15 is 0 Å². The minimum atomic E-state index is -0.483. The Morgan fingerprint density at radius 1 is 1.21 bits per heavy atom. The molecule has 0 bridgehead atoms. The Hall–Kier alpha value is -3.22. The number of aryl methyl sites for hydroxylation is 2. The Morgan fingerprint density at radius 2 is 2.00 bits per heavy atom. The molecule has 0 spiro atoms. The summed E-state index contributed by atoms with van der Waals surface area (Å²) in [7, 11) is 0. The van der Waals surface area contributed by atoms with Crippen LogP contribution in [0.25, 0.3) is 10.9 Å². The number of non-ortho nitro benzene ring substituents is 1. The molecule has 3 rings (SSSR count). The monoisotopic (exact) mass is 324 g/mol. The highest BCUT2D eigenvalue weighted by atomic mass is 16.6. The maximum atomic E-state index is 10.8. The lowest BCUT2D eigenvalue weighted by Gasteiger charge is -2.01. The van der Waals surface area contributed by atoms with Crippen LogP contribution in [0.3, 0.4) is 0 Å². The average Bonchev–Trinajstić information content (AvgIpc) is 2.83. The molecule has 0 saturated carbocycles. The van der Waals surface area contributed by atoms with E-state index in [1.54, 1.807) is 16.7 Å². The van der Waals surface area contributed by atoms with Gasteiger partial charge in [-0.05, 0) is 32.0 Å². The van der Waals surface area contributed by atoms with Gasteiger partial charge in [-0.1, -0.05) is 17.7 Å². The highest BCUT2D eigenvalue weighted by Gasteiger charge is 2.16. The molecule has 0 atom stereocenters.